The van der Waals surface area contributed by atoms with Gasteiger partial charge in [0, 0.05) is 31.8 Å². The third-order valence-electron chi connectivity index (χ3n) is 4.63. The van der Waals surface area contributed by atoms with Crippen LogP contribution in [0.25, 0.3) is 0 Å². The highest BCUT2D eigenvalue weighted by atomic mass is 16.5. The topological polar surface area (TPSA) is 65.4 Å². The fourth-order valence-electron chi connectivity index (χ4n) is 3.29. The lowest BCUT2D eigenvalue weighted by Gasteiger charge is -2.27. The molecule has 0 spiro atoms. The van der Waals surface area contributed by atoms with Crippen LogP contribution in [0.1, 0.15) is 44.1 Å². The number of fused-ring (bicyclic) bond motifs is 1. The van der Waals surface area contributed by atoms with Crippen molar-refractivity contribution in [2.45, 2.75) is 70.7 Å². The van der Waals surface area contributed by atoms with Crippen molar-refractivity contribution in [1.82, 2.24) is 14.9 Å². The van der Waals surface area contributed by atoms with Gasteiger partial charge in [0.15, 0.2) is 0 Å². The Morgan fingerprint density at radius 3 is 3.17 bits per heavy atom. The first-order valence-corrected chi connectivity index (χ1v) is 8.68. The molecule has 0 unspecified atom stereocenters. The van der Waals surface area contributed by atoms with Crippen molar-refractivity contribution < 1.29 is 14.3 Å². The predicted octanol–water partition coefficient (Wildman–Crippen LogP) is 1.60. The van der Waals surface area contributed by atoms with E-state index in [2.05, 4.69) is 14.9 Å². The maximum absolute atomic E-state index is 12.3. The number of aryl methyl sites for hydroxylation is 2. The summed E-state index contributed by atoms with van der Waals surface area (Å²) >= 11 is 0. The SMILES string of the molecule is Cc1cn2c(n1)CC[C@H](NC(=O)[C@H](C)OC[C@@H]1CCCCO1)C2. The highest BCUT2D eigenvalue weighted by Crippen LogP contribution is 2.16. The second kappa shape index (κ2) is 7.45. The summed E-state index contributed by atoms with van der Waals surface area (Å²) in [6, 6.07) is 0.153. The van der Waals surface area contributed by atoms with Crippen LogP contribution in [0.5, 0.6) is 0 Å². The molecule has 128 valence electrons. The van der Waals surface area contributed by atoms with Gasteiger partial charge < -0.3 is 19.4 Å². The van der Waals surface area contributed by atoms with Crippen molar-refractivity contribution in [3.8, 4) is 0 Å². The molecule has 1 aromatic rings. The summed E-state index contributed by atoms with van der Waals surface area (Å²) in [6.45, 7) is 5.92. The second-order valence-corrected chi connectivity index (χ2v) is 6.66. The fourth-order valence-corrected chi connectivity index (χ4v) is 3.29. The highest BCUT2D eigenvalue weighted by molar-refractivity contribution is 5.80. The normalized spacial score (nSPS) is 25.7. The van der Waals surface area contributed by atoms with Gasteiger partial charge in [-0.25, -0.2) is 4.98 Å². The van der Waals surface area contributed by atoms with Gasteiger partial charge in [-0.1, -0.05) is 0 Å². The van der Waals surface area contributed by atoms with Gasteiger partial charge in [0.1, 0.15) is 11.9 Å². The number of carbonyl (C=O) groups excluding carboxylic acids is 1. The lowest BCUT2D eigenvalue weighted by Crippen LogP contribution is -2.45. The number of nitrogens with zero attached hydrogens (tertiary/aromatic N) is 2. The highest BCUT2D eigenvalue weighted by Gasteiger charge is 2.24. The molecule has 0 aliphatic carbocycles. The van der Waals surface area contributed by atoms with Gasteiger partial charge in [0.2, 0.25) is 5.91 Å². The van der Waals surface area contributed by atoms with Crippen molar-refractivity contribution in [3.05, 3.63) is 17.7 Å². The maximum Gasteiger partial charge on any atom is 0.249 e. The van der Waals surface area contributed by atoms with Gasteiger partial charge in [-0.15, -0.1) is 0 Å². The van der Waals surface area contributed by atoms with E-state index in [1.807, 2.05) is 20.0 Å². The Balaban J connectivity index is 1.43. The van der Waals surface area contributed by atoms with E-state index in [4.69, 9.17) is 9.47 Å². The summed E-state index contributed by atoms with van der Waals surface area (Å²) in [5.41, 5.74) is 1.04. The summed E-state index contributed by atoms with van der Waals surface area (Å²) in [5.74, 6) is 1.08. The average molecular weight is 321 g/mol. The molecule has 2 aliphatic heterocycles. The molecular formula is C17H27N3O3. The number of rotatable bonds is 5. The molecule has 6 nitrogen and oxygen atoms in total. The molecule has 1 saturated heterocycles. The quantitative estimate of drug-likeness (QED) is 0.894. The molecule has 1 N–H and O–H groups in total. The Bertz CT molecular complexity index is 537. The van der Waals surface area contributed by atoms with E-state index in [0.29, 0.717) is 6.61 Å². The Labute approximate surface area is 137 Å². The standard InChI is InChI=1S/C17H27N3O3/c1-12-9-20-10-14(6-7-16(20)18-12)19-17(21)13(2)23-11-15-5-3-4-8-22-15/h9,13-15H,3-8,10-11H2,1-2H3,(H,19,21)/t13-,14-,15-/m0/s1. The smallest absolute Gasteiger partial charge is 0.249 e. The summed E-state index contributed by atoms with van der Waals surface area (Å²) in [5, 5.41) is 3.10. The molecule has 23 heavy (non-hydrogen) atoms. The van der Waals surface area contributed by atoms with Crippen molar-refractivity contribution in [1.29, 1.82) is 0 Å². The molecule has 1 aromatic heterocycles. The molecule has 1 fully saturated rings. The van der Waals surface area contributed by atoms with E-state index >= 15 is 0 Å². The van der Waals surface area contributed by atoms with Gasteiger partial charge >= 0.3 is 0 Å². The third kappa shape index (κ3) is 4.32. The van der Waals surface area contributed by atoms with Crippen LogP contribution in [0.15, 0.2) is 6.20 Å². The van der Waals surface area contributed by atoms with E-state index < -0.39 is 6.10 Å². The number of hydrogen-bond acceptors (Lipinski definition) is 4. The molecule has 6 heteroatoms. The van der Waals surface area contributed by atoms with Crippen molar-refractivity contribution in [2.75, 3.05) is 13.2 Å². The minimum absolute atomic E-state index is 0.0360. The Hall–Kier alpha value is -1.40. The van der Waals surface area contributed by atoms with E-state index in [0.717, 1.165) is 50.4 Å². The molecule has 0 bridgehead atoms. The van der Waals surface area contributed by atoms with Gasteiger partial charge in [-0.2, -0.15) is 0 Å². The lowest BCUT2D eigenvalue weighted by molar-refractivity contribution is -0.136. The van der Waals surface area contributed by atoms with Crippen LogP contribution in [0, 0.1) is 6.92 Å². The van der Waals surface area contributed by atoms with Crippen LogP contribution < -0.4 is 5.32 Å². The molecule has 2 aliphatic rings. The number of nitrogens with one attached hydrogen (secondary N) is 1. The fraction of sp³-hybridized carbons (Fsp3) is 0.765. The first-order valence-electron chi connectivity index (χ1n) is 8.68. The molecule has 3 heterocycles. The third-order valence-corrected chi connectivity index (χ3v) is 4.63. The second-order valence-electron chi connectivity index (χ2n) is 6.66. The molecule has 3 atom stereocenters. The predicted molar refractivity (Wildman–Crippen MR) is 86.2 cm³/mol. The van der Waals surface area contributed by atoms with Crippen LogP contribution in [-0.2, 0) is 27.2 Å². The zero-order valence-electron chi connectivity index (χ0n) is 14.1. The van der Waals surface area contributed by atoms with E-state index in [9.17, 15) is 4.79 Å². The molecule has 3 rings (SSSR count). The summed E-state index contributed by atoms with van der Waals surface area (Å²) in [6.07, 6.45) is 6.93. The molecule has 1 amide bonds. The first kappa shape index (κ1) is 16.5. The average Bonchev–Trinajstić information content (AvgIpc) is 2.92. The van der Waals surface area contributed by atoms with E-state index in [1.165, 1.54) is 6.42 Å². The van der Waals surface area contributed by atoms with Crippen LogP contribution >= 0.6 is 0 Å². The number of hydrogen-bond donors (Lipinski definition) is 1. The lowest BCUT2D eigenvalue weighted by atomic mass is 10.1. The number of amides is 1. The zero-order chi connectivity index (χ0) is 16.2. The molecule has 0 radical (unpaired) electrons. The van der Waals surface area contributed by atoms with Crippen LogP contribution in [-0.4, -0.2) is 46.9 Å². The number of aromatic nitrogens is 2. The Kier molecular flexibility index (Phi) is 5.33. The van der Waals surface area contributed by atoms with Gasteiger partial charge in [0.25, 0.3) is 0 Å². The minimum atomic E-state index is -0.438. The van der Waals surface area contributed by atoms with Gasteiger partial charge in [0.05, 0.1) is 18.4 Å². The number of imidazole rings is 1. The van der Waals surface area contributed by atoms with Crippen LogP contribution in [0.3, 0.4) is 0 Å². The maximum atomic E-state index is 12.3. The Morgan fingerprint density at radius 2 is 2.39 bits per heavy atom. The van der Waals surface area contributed by atoms with Crippen molar-refractivity contribution in [2.24, 2.45) is 0 Å². The van der Waals surface area contributed by atoms with E-state index in [1.54, 1.807) is 0 Å². The Morgan fingerprint density at radius 1 is 1.52 bits per heavy atom. The van der Waals surface area contributed by atoms with Crippen molar-refractivity contribution >= 4 is 5.91 Å². The van der Waals surface area contributed by atoms with Gasteiger partial charge in [-0.3, -0.25) is 4.79 Å². The number of carbonyl (C=O) groups is 1. The van der Waals surface area contributed by atoms with Crippen LogP contribution in [0.2, 0.25) is 0 Å². The molecular weight excluding hydrogens is 294 g/mol. The zero-order valence-corrected chi connectivity index (χ0v) is 14.1. The van der Waals surface area contributed by atoms with E-state index in [-0.39, 0.29) is 18.1 Å². The van der Waals surface area contributed by atoms with Gasteiger partial charge in [-0.05, 0) is 39.5 Å². The molecule has 0 saturated carbocycles. The minimum Gasteiger partial charge on any atom is -0.376 e. The van der Waals surface area contributed by atoms with Crippen LogP contribution in [0.4, 0.5) is 0 Å². The van der Waals surface area contributed by atoms with Crippen molar-refractivity contribution in [3.63, 3.8) is 0 Å². The molecule has 0 aromatic carbocycles. The summed E-state index contributed by atoms with van der Waals surface area (Å²) in [4.78, 5) is 16.8. The summed E-state index contributed by atoms with van der Waals surface area (Å²) in [7, 11) is 0. The first-order chi connectivity index (χ1) is 11.1. The largest absolute Gasteiger partial charge is 0.376 e. The number of ether oxygens (including phenoxy) is 2. The summed E-state index contributed by atoms with van der Waals surface area (Å²) < 4.78 is 13.5. The monoisotopic (exact) mass is 321 g/mol.